The second-order valence-electron chi connectivity index (χ2n) is 4.86. The van der Waals surface area contributed by atoms with E-state index in [1.54, 1.807) is 21.9 Å². The minimum absolute atomic E-state index is 0.0116. The summed E-state index contributed by atoms with van der Waals surface area (Å²) in [5.74, 6) is 0.387. The van der Waals surface area contributed by atoms with E-state index in [4.69, 9.17) is 5.26 Å². The van der Waals surface area contributed by atoms with Gasteiger partial charge >= 0.3 is 6.03 Å². The molecule has 1 aliphatic rings. The third-order valence-electron chi connectivity index (χ3n) is 3.31. The smallest absolute Gasteiger partial charge is 0.324 e. The number of benzene rings is 1. The number of nitrogens with one attached hydrogen (secondary N) is 1. The lowest BCUT2D eigenvalue weighted by molar-refractivity contribution is 0.192. The number of nitriles is 1. The van der Waals surface area contributed by atoms with Gasteiger partial charge in [0.25, 0.3) is 0 Å². The Morgan fingerprint density at radius 2 is 2.26 bits per heavy atom. The van der Waals surface area contributed by atoms with Gasteiger partial charge in [0.1, 0.15) is 0 Å². The average Bonchev–Trinajstić information content (AvgIpc) is 2.43. The van der Waals surface area contributed by atoms with Gasteiger partial charge in [-0.25, -0.2) is 4.79 Å². The Bertz CT molecular complexity index is 508. The van der Waals surface area contributed by atoms with E-state index in [0.717, 1.165) is 18.8 Å². The van der Waals surface area contributed by atoms with Crippen LogP contribution in [-0.2, 0) is 0 Å². The van der Waals surface area contributed by atoms with Crippen molar-refractivity contribution in [1.29, 1.82) is 5.26 Å². The topological polar surface area (TPSA) is 59.4 Å². The van der Waals surface area contributed by atoms with Crippen LogP contribution in [0.1, 0.15) is 5.56 Å². The molecule has 1 N–H and O–H groups in total. The molecular weight excluding hydrogens is 240 g/mol. The molecule has 1 aromatic rings. The van der Waals surface area contributed by atoms with Crippen molar-refractivity contribution in [3.63, 3.8) is 0 Å². The van der Waals surface area contributed by atoms with Crippen LogP contribution in [0, 0.1) is 17.2 Å². The zero-order valence-corrected chi connectivity index (χ0v) is 11.3. The summed E-state index contributed by atoms with van der Waals surface area (Å²) >= 11 is 0. The van der Waals surface area contributed by atoms with Crippen LogP contribution < -0.4 is 10.2 Å². The van der Waals surface area contributed by atoms with Gasteiger partial charge in [0.05, 0.1) is 11.6 Å². The Balaban J connectivity index is 2.25. The second-order valence-corrected chi connectivity index (χ2v) is 4.86. The van der Waals surface area contributed by atoms with Crippen LogP contribution in [0.4, 0.5) is 10.5 Å². The van der Waals surface area contributed by atoms with Crippen LogP contribution in [0.3, 0.4) is 0 Å². The first-order chi connectivity index (χ1) is 9.15. The number of anilines is 1. The van der Waals surface area contributed by atoms with Crippen molar-refractivity contribution in [3.8, 4) is 6.07 Å². The molecule has 0 radical (unpaired) electrons. The van der Waals surface area contributed by atoms with Crippen LogP contribution in [0.5, 0.6) is 0 Å². The van der Waals surface area contributed by atoms with Gasteiger partial charge < -0.3 is 10.2 Å². The van der Waals surface area contributed by atoms with Crippen LogP contribution in [0.2, 0.25) is 0 Å². The van der Waals surface area contributed by atoms with Gasteiger partial charge in [0.2, 0.25) is 0 Å². The van der Waals surface area contributed by atoms with Crippen molar-refractivity contribution in [1.82, 2.24) is 10.2 Å². The molecule has 1 saturated heterocycles. The highest BCUT2D eigenvalue weighted by Gasteiger charge is 2.30. The average molecular weight is 258 g/mol. The van der Waals surface area contributed by atoms with Crippen LogP contribution in [0.15, 0.2) is 24.3 Å². The highest BCUT2D eigenvalue weighted by Crippen LogP contribution is 2.22. The van der Waals surface area contributed by atoms with Gasteiger partial charge in [-0.2, -0.15) is 5.26 Å². The molecule has 0 aliphatic carbocycles. The summed E-state index contributed by atoms with van der Waals surface area (Å²) in [5, 5.41) is 12.1. The predicted octanol–water partition coefficient (Wildman–Crippen LogP) is 1.27. The van der Waals surface area contributed by atoms with Crippen molar-refractivity contribution in [2.45, 2.75) is 0 Å². The third kappa shape index (κ3) is 2.85. The zero-order valence-electron chi connectivity index (χ0n) is 11.3. The maximum absolute atomic E-state index is 12.2. The normalized spacial score (nSPS) is 19.4. The molecule has 1 aromatic carbocycles. The first-order valence-corrected chi connectivity index (χ1v) is 6.33. The molecule has 0 bridgehead atoms. The minimum Gasteiger partial charge on any atom is -0.327 e. The van der Waals surface area contributed by atoms with Crippen LogP contribution in [-0.4, -0.2) is 44.7 Å². The minimum atomic E-state index is -0.0116. The lowest BCUT2D eigenvalue weighted by Crippen LogP contribution is -2.53. The first kappa shape index (κ1) is 13.4. The van der Waals surface area contributed by atoms with Crippen molar-refractivity contribution >= 4 is 11.7 Å². The standard InChI is InChI=1S/C14H18N4O/c1-16-8-12-9-17(2)14(19)18(10-12)13-5-3-4-11(6-13)7-15/h3-6,12,16H,8-10H2,1-2H3. The quantitative estimate of drug-likeness (QED) is 0.888. The molecule has 1 unspecified atom stereocenters. The van der Waals surface area contributed by atoms with E-state index in [-0.39, 0.29) is 6.03 Å². The molecule has 5 nitrogen and oxygen atoms in total. The predicted molar refractivity (Wildman–Crippen MR) is 73.9 cm³/mol. The fourth-order valence-electron chi connectivity index (χ4n) is 2.44. The van der Waals surface area contributed by atoms with Gasteiger partial charge in [-0.15, -0.1) is 0 Å². The first-order valence-electron chi connectivity index (χ1n) is 6.33. The molecular formula is C14H18N4O. The molecule has 0 spiro atoms. The molecule has 2 rings (SSSR count). The van der Waals surface area contributed by atoms with Crippen molar-refractivity contribution < 1.29 is 4.79 Å². The highest BCUT2D eigenvalue weighted by atomic mass is 16.2. The molecule has 1 fully saturated rings. The van der Waals surface area contributed by atoms with E-state index in [9.17, 15) is 4.79 Å². The summed E-state index contributed by atoms with van der Waals surface area (Å²) in [6, 6.07) is 9.27. The number of urea groups is 1. The fourth-order valence-corrected chi connectivity index (χ4v) is 2.44. The van der Waals surface area contributed by atoms with Crippen molar-refractivity contribution in [2.24, 2.45) is 5.92 Å². The van der Waals surface area contributed by atoms with E-state index < -0.39 is 0 Å². The maximum atomic E-state index is 12.2. The molecule has 2 amide bonds. The van der Waals surface area contributed by atoms with Crippen molar-refractivity contribution in [3.05, 3.63) is 29.8 Å². The Hall–Kier alpha value is -2.06. The van der Waals surface area contributed by atoms with E-state index in [1.165, 1.54) is 0 Å². The largest absolute Gasteiger partial charge is 0.327 e. The molecule has 100 valence electrons. The Morgan fingerprint density at radius 3 is 2.95 bits per heavy atom. The van der Waals surface area contributed by atoms with Gasteiger partial charge in [0, 0.05) is 38.3 Å². The summed E-state index contributed by atoms with van der Waals surface area (Å²) in [5.41, 5.74) is 1.36. The van der Waals surface area contributed by atoms with Crippen LogP contribution >= 0.6 is 0 Å². The number of amides is 2. The highest BCUT2D eigenvalue weighted by molar-refractivity contribution is 5.92. The number of hydrogen-bond acceptors (Lipinski definition) is 3. The number of carbonyl (C=O) groups is 1. The monoisotopic (exact) mass is 258 g/mol. The van der Waals surface area contributed by atoms with Crippen molar-refractivity contribution in [2.75, 3.05) is 38.6 Å². The van der Waals surface area contributed by atoms with E-state index in [1.807, 2.05) is 26.2 Å². The summed E-state index contributed by atoms with van der Waals surface area (Å²) in [6.45, 7) is 2.30. The molecule has 19 heavy (non-hydrogen) atoms. The number of hydrogen-bond donors (Lipinski definition) is 1. The van der Waals surface area contributed by atoms with Gasteiger partial charge in [0.15, 0.2) is 0 Å². The lowest BCUT2D eigenvalue weighted by Gasteiger charge is -2.38. The zero-order chi connectivity index (χ0) is 13.8. The second kappa shape index (κ2) is 5.72. The maximum Gasteiger partial charge on any atom is 0.324 e. The summed E-state index contributed by atoms with van der Waals surface area (Å²) in [4.78, 5) is 15.7. The number of rotatable bonds is 3. The molecule has 0 saturated carbocycles. The SMILES string of the molecule is CNCC1CN(C)C(=O)N(c2cccc(C#N)c2)C1. The molecule has 5 heteroatoms. The van der Waals surface area contributed by atoms with Crippen LogP contribution in [0.25, 0.3) is 0 Å². The summed E-state index contributed by atoms with van der Waals surface area (Å²) in [7, 11) is 3.72. The Labute approximate surface area is 113 Å². The van der Waals surface area contributed by atoms with E-state index >= 15 is 0 Å². The molecule has 1 atom stereocenters. The van der Waals surface area contributed by atoms with E-state index in [2.05, 4.69) is 11.4 Å². The number of carbonyl (C=O) groups excluding carboxylic acids is 1. The van der Waals surface area contributed by atoms with Gasteiger partial charge in [-0.05, 0) is 25.2 Å². The van der Waals surface area contributed by atoms with Gasteiger partial charge in [-0.3, -0.25) is 4.90 Å². The molecule has 1 heterocycles. The third-order valence-corrected chi connectivity index (χ3v) is 3.31. The van der Waals surface area contributed by atoms with Gasteiger partial charge in [-0.1, -0.05) is 6.07 Å². The molecule has 0 aromatic heterocycles. The fraction of sp³-hybridized carbons (Fsp3) is 0.429. The lowest BCUT2D eigenvalue weighted by atomic mass is 10.1. The van der Waals surface area contributed by atoms with E-state index in [0.29, 0.717) is 18.0 Å². The molecule has 1 aliphatic heterocycles. The number of nitrogens with zero attached hydrogens (tertiary/aromatic N) is 3. The Kier molecular flexibility index (Phi) is 4.03. The summed E-state index contributed by atoms with van der Waals surface area (Å²) in [6.07, 6.45) is 0. The summed E-state index contributed by atoms with van der Waals surface area (Å²) < 4.78 is 0. The Morgan fingerprint density at radius 1 is 1.47 bits per heavy atom.